The van der Waals surface area contributed by atoms with Crippen LogP contribution in [0.15, 0.2) is 29.1 Å². The zero-order chi connectivity index (χ0) is 13.8. The van der Waals surface area contributed by atoms with Crippen molar-refractivity contribution < 1.29 is 9.90 Å². The third-order valence-corrected chi connectivity index (χ3v) is 3.77. The monoisotopic (exact) mass is 277 g/mol. The summed E-state index contributed by atoms with van der Waals surface area (Å²) in [6, 6.07) is 3.89. The van der Waals surface area contributed by atoms with Crippen molar-refractivity contribution in [3.8, 4) is 0 Å². The first kappa shape index (κ1) is 13.9. The fraction of sp³-hybridized carbons (Fsp3) is 0.400. The summed E-state index contributed by atoms with van der Waals surface area (Å²) in [6.45, 7) is 5.00. The van der Waals surface area contributed by atoms with Crippen LogP contribution >= 0.6 is 11.3 Å². The van der Waals surface area contributed by atoms with E-state index in [4.69, 9.17) is 0 Å². The lowest BCUT2D eigenvalue weighted by Gasteiger charge is -2.05. The number of aromatic carboxylic acids is 1. The topological polar surface area (TPSA) is 42.2 Å². The van der Waals surface area contributed by atoms with E-state index in [0.29, 0.717) is 11.6 Å². The minimum absolute atomic E-state index is 0.394. The van der Waals surface area contributed by atoms with Gasteiger partial charge in [-0.3, -0.25) is 0 Å². The van der Waals surface area contributed by atoms with E-state index in [-0.39, 0.29) is 0 Å². The minimum atomic E-state index is -0.847. The average Bonchev–Trinajstić information content (AvgIpc) is 2.94. The van der Waals surface area contributed by atoms with Gasteiger partial charge in [0.1, 0.15) is 5.69 Å². The van der Waals surface area contributed by atoms with E-state index < -0.39 is 5.97 Å². The molecule has 0 spiro atoms. The molecule has 0 radical (unpaired) electrons. The molecular weight excluding hydrogens is 258 g/mol. The standard InChI is InChI=1S/C15H19NO2S/c1-11(2)7-13-8-14(15(17)18)16(9-13)5-3-12-4-6-19-10-12/h4,6,8-11H,3,5,7H2,1-2H3,(H,17,18). The Morgan fingerprint density at radius 1 is 1.42 bits per heavy atom. The fourth-order valence-electron chi connectivity index (χ4n) is 2.20. The van der Waals surface area contributed by atoms with Crippen molar-refractivity contribution in [1.29, 1.82) is 0 Å². The second-order valence-electron chi connectivity index (χ2n) is 5.21. The second-order valence-corrected chi connectivity index (χ2v) is 5.99. The highest BCUT2D eigenvalue weighted by molar-refractivity contribution is 7.07. The predicted octanol–water partition coefficient (Wildman–Crippen LogP) is 3.69. The first-order valence-electron chi connectivity index (χ1n) is 6.49. The molecule has 0 aliphatic rings. The smallest absolute Gasteiger partial charge is 0.352 e. The van der Waals surface area contributed by atoms with Crippen molar-refractivity contribution in [3.05, 3.63) is 45.9 Å². The van der Waals surface area contributed by atoms with Gasteiger partial charge in [-0.05, 0) is 52.8 Å². The molecule has 0 bridgehead atoms. The summed E-state index contributed by atoms with van der Waals surface area (Å²) >= 11 is 1.67. The molecule has 1 N–H and O–H groups in total. The fourth-order valence-corrected chi connectivity index (χ4v) is 2.91. The van der Waals surface area contributed by atoms with E-state index in [9.17, 15) is 9.90 Å². The van der Waals surface area contributed by atoms with Crippen LogP contribution < -0.4 is 0 Å². The van der Waals surface area contributed by atoms with Gasteiger partial charge >= 0.3 is 5.97 Å². The number of rotatable bonds is 6. The molecule has 3 nitrogen and oxygen atoms in total. The maximum absolute atomic E-state index is 11.3. The maximum atomic E-state index is 11.3. The summed E-state index contributed by atoms with van der Waals surface area (Å²) in [5.74, 6) is -0.310. The van der Waals surface area contributed by atoms with Crippen molar-refractivity contribution in [2.45, 2.75) is 33.2 Å². The van der Waals surface area contributed by atoms with Crippen molar-refractivity contribution in [3.63, 3.8) is 0 Å². The van der Waals surface area contributed by atoms with E-state index >= 15 is 0 Å². The Balaban J connectivity index is 2.13. The summed E-state index contributed by atoms with van der Waals surface area (Å²) in [5, 5.41) is 13.4. The van der Waals surface area contributed by atoms with Gasteiger partial charge in [0.25, 0.3) is 0 Å². The number of nitrogens with zero attached hydrogens (tertiary/aromatic N) is 1. The first-order chi connectivity index (χ1) is 9.06. The molecule has 102 valence electrons. The number of aromatic nitrogens is 1. The van der Waals surface area contributed by atoms with Gasteiger partial charge in [-0.1, -0.05) is 13.8 Å². The molecule has 0 atom stereocenters. The van der Waals surface area contributed by atoms with Crippen molar-refractivity contribution in [2.24, 2.45) is 5.92 Å². The third-order valence-electron chi connectivity index (χ3n) is 3.04. The van der Waals surface area contributed by atoms with Gasteiger partial charge in [0.15, 0.2) is 0 Å². The zero-order valence-electron chi connectivity index (χ0n) is 11.3. The van der Waals surface area contributed by atoms with E-state index in [1.165, 1.54) is 5.56 Å². The van der Waals surface area contributed by atoms with Gasteiger partial charge < -0.3 is 9.67 Å². The molecule has 0 fully saturated rings. The van der Waals surface area contributed by atoms with Gasteiger partial charge in [-0.2, -0.15) is 11.3 Å². The Hall–Kier alpha value is -1.55. The van der Waals surface area contributed by atoms with E-state index in [0.717, 1.165) is 24.9 Å². The highest BCUT2D eigenvalue weighted by atomic mass is 32.1. The van der Waals surface area contributed by atoms with Crippen LogP contribution in [0.25, 0.3) is 0 Å². The van der Waals surface area contributed by atoms with Crippen molar-refractivity contribution in [1.82, 2.24) is 4.57 Å². The molecule has 2 aromatic rings. The molecule has 2 heterocycles. The number of thiophene rings is 1. The Morgan fingerprint density at radius 2 is 2.21 bits per heavy atom. The average molecular weight is 277 g/mol. The van der Waals surface area contributed by atoms with E-state index in [1.807, 2.05) is 16.1 Å². The first-order valence-corrected chi connectivity index (χ1v) is 7.44. The number of carboxylic acids is 1. The highest BCUT2D eigenvalue weighted by Gasteiger charge is 2.13. The molecule has 0 saturated carbocycles. The van der Waals surface area contributed by atoms with Crippen LogP contribution in [0.3, 0.4) is 0 Å². The third kappa shape index (κ3) is 3.70. The number of hydrogen-bond acceptors (Lipinski definition) is 2. The quantitative estimate of drug-likeness (QED) is 0.875. The van der Waals surface area contributed by atoms with Crippen LogP contribution in [0.1, 0.15) is 35.5 Å². The maximum Gasteiger partial charge on any atom is 0.352 e. The Kier molecular flexibility index (Phi) is 4.43. The summed E-state index contributed by atoms with van der Waals surface area (Å²) < 4.78 is 1.86. The molecule has 0 saturated heterocycles. The highest BCUT2D eigenvalue weighted by Crippen LogP contribution is 2.15. The van der Waals surface area contributed by atoms with Gasteiger partial charge in [0.2, 0.25) is 0 Å². The van der Waals surface area contributed by atoms with Gasteiger partial charge in [0, 0.05) is 12.7 Å². The zero-order valence-corrected chi connectivity index (χ0v) is 12.1. The molecule has 0 aromatic carbocycles. The Labute approximate surface area is 117 Å². The molecule has 4 heteroatoms. The van der Waals surface area contributed by atoms with Crippen LogP contribution in [0.5, 0.6) is 0 Å². The normalized spacial score (nSPS) is 11.1. The summed E-state index contributed by atoms with van der Waals surface area (Å²) in [6.07, 6.45) is 3.78. The predicted molar refractivity (Wildman–Crippen MR) is 78.0 cm³/mol. The molecular formula is C15H19NO2S. The van der Waals surface area contributed by atoms with Crippen LogP contribution in [-0.4, -0.2) is 15.6 Å². The largest absolute Gasteiger partial charge is 0.477 e. The number of aryl methyl sites for hydroxylation is 2. The number of carboxylic acid groups (broad SMARTS) is 1. The summed E-state index contributed by atoms with van der Waals surface area (Å²) in [5.41, 5.74) is 2.77. The molecule has 0 amide bonds. The SMILES string of the molecule is CC(C)Cc1cc(C(=O)O)n(CCc2ccsc2)c1. The molecule has 19 heavy (non-hydrogen) atoms. The Morgan fingerprint density at radius 3 is 2.79 bits per heavy atom. The number of carbonyl (C=O) groups is 1. The van der Waals surface area contributed by atoms with E-state index in [2.05, 4.69) is 25.3 Å². The number of hydrogen-bond donors (Lipinski definition) is 1. The van der Waals surface area contributed by atoms with Crippen LogP contribution in [0.4, 0.5) is 0 Å². The van der Waals surface area contributed by atoms with Gasteiger partial charge in [-0.15, -0.1) is 0 Å². The summed E-state index contributed by atoms with van der Waals surface area (Å²) in [4.78, 5) is 11.3. The molecule has 2 aromatic heterocycles. The lowest BCUT2D eigenvalue weighted by Crippen LogP contribution is -2.08. The molecule has 0 aliphatic heterocycles. The molecule has 0 aliphatic carbocycles. The summed E-state index contributed by atoms with van der Waals surface area (Å²) in [7, 11) is 0. The van der Waals surface area contributed by atoms with Crippen LogP contribution in [0, 0.1) is 5.92 Å². The van der Waals surface area contributed by atoms with Crippen molar-refractivity contribution in [2.75, 3.05) is 0 Å². The Bertz CT molecular complexity index is 541. The minimum Gasteiger partial charge on any atom is -0.477 e. The van der Waals surface area contributed by atoms with E-state index in [1.54, 1.807) is 17.4 Å². The molecule has 2 rings (SSSR count). The van der Waals surface area contributed by atoms with Gasteiger partial charge in [0.05, 0.1) is 0 Å². The lowest BCUT2D eigenvalue weighted by molar-refractivity contribution is 0.0685. The van der Waals surface area contributed by atoms with Crippen LogP contribution in [0.2, 0.25) is 0 Å². The van der Waals surface area contributed by atoms with Crippen LogP contribution in [-0.2, 0) is 19.4 Å². The second kappa shape index (κ2) is 6.06. The molecule has 0 unspecified atom stereocenters. The van der Waals surface area contributed by atoms with Crippen molar-refractivity contribution >= 4 is 17.3 Å². The van der Waals surface area contributed by atoms with Gasteiger partial charge in [-0.25, -0.2) is 4.79 Å². The lowest BCUT2D eigenvalue weighted by atomic mass is 10.1.